The summed E-state index contributed by atoms with van der Waals surface area (Å²) >= 11 is 0. The molecule has 0 N–H and O–H groups in total. The van der Waals surface area contributed by atoms with Crippen molar-refractivity contribution < 1.29 is 28.6 Å². The van der Waals surface area contributed by atoms with E-state index in [1.54, 1.807) is 4.90 Å². The molecule has 2 rings (SSSR count). The highest BCUT2D eigenvalue weighted by atomic mass is 16.6. The highest BCUT2D eigenvalue weighted by molar-refractivity contribution is 5.84. The third-order valence-corrected chi connectivity index (χ3v) is 4.49. The first-order valence-corrected chi connectivity index (χ1v) is 8.70. The van der Waals surface area contributed by atoms with Crippen molar-refractivity contribution in [3.05, 3.63) is 0 Å². The van der Waals surface area contributed by atoms with Crippen molar-refractivity contribution in [2.24, 2.45) is 5.92 Å². The summed E-state index contributed by atoms with van der Waals surface area (Å²) in [4.78, 5) is 38.7. The van der Waals surface area contributed by atoms with Crippen molar-refractivity contribution in [1.29, 1.82) is 0 Å². The largest absolute Gasteiger partial charge is 0.467 e. The Bertz CT molecular complexity index is 508. The smallest absolute Gasteiger partial charge is 0.410 e. The molecule has 0 bridgehead atoms. The van der Waals surface area contributed by atoms with E-state index in [0.29, 0.717) is 25.6 Å². The average Bonchev–Trinajstić information content (AvgIpc) is 2.92. The molecule has 2 heterocycles. The molecule has 142 valence electrons. The molecule has 0 spiro atoms. The summed E-state index contributed by atoms with van der Waals surface area (Å²) in [6.07, 6.45) is 1.72. The fourth-order valence-electron chi connectivity index (χ4n) is 3.08. The monoisotopic (exact) mass is 356 g/mol. The lowest BCUT2D eigenvalue weighted by molar-refractivity contribution is -0.145. The van der Waals surface area contributed by atoms with Crippen LogP contribution in [0.2, 0.25) is 0 Å². The summed E-state index contributed by atoms with van der Waals surface area (Å²) < 4.78 is 15.1. The van der Waals surface area contributed by atoms with E-state index in [1.165, 1.54) is 12.0 Å². The standard InChI is InChI=1S/C17H28N2O6/c1-17(2,3)25-15(21)18-8-5-12(6-9-18)7-10-19-13(14(20)23-4)11-24-16(19)22/h12-13H,5-11H2,1-4H3. The van der Waals surface area contributed by atoms with Crippen LogP contribution in [0.25, 0.3) is 0 Å². The second-order valence-electron chi connectivity index (χ2n) is 7.51. The topological polar surface area (TPSA) is 85.4 Å². The molecular formula is C17H28N2O6. The number of hydrogen-bond acceptors (Lipinski definition) is 6. The number of rotatable bonds is 4. The lowest BCUT2D eigenvalue weighted by Gasteiger charge is -2.34. The third kappa shape index (κ3) is 5.24. The molecule has 8 heteroatoms. The number of piperidine rings is 1. The fraction of sp³-hybridized carbons (Fsp3) is 0.824. The van der Waals surface area contributed by atoms with Gasteiger partial charge in [-0.25, -0.2) is 14.4 Å². The Morgan fingerprint density at radius 1 is 1.24 bits per heavy atom. The molecule has 2 saturated heterocycles. The van der Waals surface area contributed by atoms with Crippen LogP contribution in [0.3, 0.4) is 0 Å². The predicted octanol–water partition coefficient (Wildman–Crippen LogP) is 2.02. The zero-order valence-electron chi connectivity index (χ0n) is 15.4. The summed E-state index contributed by atoms with van der Waals surface area (Å²) in [5, 5.41) is 0. The Labute approximate surface area is 148 Å². The third-order valence-electron chi connectivity index (χ3n) is 4.49. The summed E-state index contributed by atoms with van der Waals surface area (Å²) in [5.74, 6) is -0.0593. The first-order chi connectivity index (χ1) is 11.7. The molecule has 0 aromatic rings. The number of methoxy groups -OCH3 is 1. The molecule has 0 radical (unpaired) electrons. The number of ether oxygens (including phenoxy) is 3. The van der Waals surface area contributed by atoms with Gasteiger partial charge in [0.15, 0.2) is 6.04 Å². The van der Waals surface area contributed by atoms with Crippen LogP contribution in [0.1, 0.15) is 40.0 Å². The molecule has 1 unspecified atom stereocenters. The van der Waals surface area contributed by atoms with E-state index in [2.05, 4.69) is 0 Å². The Kier molecular flexibility index (Phi) is 6.13. The Morgan fingerprint density at radius 2 is 1.88 bits per heavy atom. The average molecular weight is 356 g/mol. The van der Waals surface area contributed by atoms with Gasteiger partial charge in [-0.1, -0.05) is 0 Å². The van der Waals surface area contributed by atoms with Crippen LogP contribution in [-0.2, 0) is 19.0 Å². The second-order valence-corrected chi connectivity index (χ2v) is 7.51. The minimum absolute atomic E-state index is 0.0442. The zero-order valence-corrected chi connectivity index (χ0v) is 15.4. The maximum absolute atomic E-state index is 12.1. The SMILES string of the molecule is COC(=O)C1COC(=O)N1CCC1CCN(C(=O)OC(C)(C)C)CC1. The van der Waals surface area contributed by atoms with E-state index >= 15 is 0 Å². The van der Waals surface area contributed by atoms with Gasteiger partial charge in [-0.3, -0.25) is 4.90 Å². The molecule has 2 amide bonds. The molecule has 2 fully saturated rings. The fourth-order valence-corrected chi connectivity index (χ4v) is 3.08. The molecule has 2 aliphatic heterocycles. The number of likely N-dealkylation sites (tertiary alicyclic amines) is 1. The maximum atomic E-state index is 12.1. The molecule has 2 aliphatic rings. The van der Waals surface area contributed by atoms with E-state index in [9.17, 15) is 14.4 Å². The maximum Gasteiger partial charge on any atom is 0.410 e. The van der Waals surface area contributed by atoms with Crippen LogP contribution in [0.15, 0.2) is 0 Å². The van der Waals surface area contributed by atoms with Crippen molar-refractivity contribution >= 4 is 18.2 Å². The molecule has 0 saturated carbocycles. The van der Waals surface area contributed by atoms with Crippen LogP contribution < -0.4 is 0 Å². The van der Waals surface area contributed by atoms with Gasteiger partial charge in [0.1, 0.15) is 12.2 Å². The Hall–Kier alpha value is -1.99. The van der Waals surface area contributed by atoms with Crippen LogP contribution in [0.4, 0.5) is 9.59 Å². The van der Waals surface area contributed by atoms with Crippen molar-refractivity contribution in [3.63, 3.8) is 0 Å². The van der Waals surface area contributed by atoms with Gasteiger partial charge in [-0.05, 0) is 46.0 Å². The number of esters is 1. The Morgan fingerprint density at radius 3 is 2.44 bits per heavy atom. The number of carbonyl (C=O) groups is 3. The van der Waals surface area contributed by atoms with Crippen LogP contribution in [0.5, 0.6) is 0 Å². The number of hydrogen-bond donors (Lipinski definition) is 0. The highest BCUT2D eigenvalue weighted by Gasteiger charge is 2.39. The summed E-state index contributed by atoms with van der Waals surface area (Å²) in [5.41, 5.74) is -0.493. The van der Waals surface area contributed by atoms with E-state index in [-0.39, 0.29) is 12.7 Å². The number of carbonyl (C=O) groups excluding carboxylic acids is 3. The number of nitrogens with zero attached hydrogens (tertiary/aromatic N) is 2. The van der Waals surface area contributed by atoms with Crippen molar-refractivity contribution in [2.75, 3.05) is 33.4 Å². The first-order valence-electron chi connectivity index (χ1n) is 8.70. The van der Waals surface area contributed by atoms with Gasteiger partial charge in [0.05, 0.1) is 7.11 Å². The molecule has 0 aliphatic carbocycles. The molecule has 0 aromatic carbocycles. The van der Waals surface area contributed by atoms with Gasteiger partial charge in [0.25, 0.3) is 0 Å². The summed E-state index contributed by atoms with van der Waals surface area (Å²) in [6.45, 7) is 7.34. The van der Waals surface area contributed by atoms with Crippen molar-refractivity contribution in [3.8, 4) is 0 Å². The minimum Gasteiger partial charge on any atom is -0.467 e. The van der Waals surface area contributed by atoms with Gasteiger partial charge in [0.2, 0.25) is 0 Å². The first kappa shape index (κ1) is 19.3. The predicted molar refractivity (Wildman–Crippen MR) is 89.0 cm³/mol. The van der Waals surface area contributed by atoms with Gasteiger partial charge < -0.3 is 19.1 Å². The number of amides is 2. The molecule has 0 aromatic heterocycles. The van der Waals surface area contributed by atoms with E-state index < -0.39 is 23.7 Å². The molecular weight excluding hydrogens is 328 g/mol. The lowest BCUT2D eigenvalue weighted by Crippen LogP contribution is -2.43. The number of cyclic esters (lactones) is 1. The van der Waals surface area contributed by atoms with E-state index in [4.69, 9.17) is 14.2 Å². The Balaban J connectivity index is 1.77. The molecule has 1 atom stereocenters. The zero-order chi connectivity index (χ0) is 18.6. The quantitative estimate of drug-likeness (QED) is 0.566. The van der Waals surface area contributed by atoms with Gasteiger partial charge in [0, 0.05) is 19.6 Å². The van der Waals surface area contributed by atoms with Crippen molar-refractivity contribution in [2.45, 2.75) is 51.7 Å². The highest BCUT2D eigenvalue weighted by Crippen LogP contribution is 2.24. The summed E-state index contributed by atoms with van der Waals surface area (Å²) in [7, 11) is 1.30. The van der Waals surface area contributed by atoms with Gasteiger partial charge in [-0.15, -0.1) is 0 Å². The van der Waals surface area contributed by atoms with Crippen LogP contribution in [0, 0.1) is 5.92 Å². The molecule has 25 heavy (non-hydrogen) atoms. The normalized spacial score (nSPS) is 21.9. The van der Waals surface area contributed by atoms with Crippen LogP contribution in [-0.4, -0.2) is 72.9 Å². The molecule has 8 nitrogen and oxygen atoms in total. The lowest BCUT2D eigenvalue weighted by atomic mass is 9.93. The second kappa shape index (κ2) is 7.93. The summed E-state index contributed by atoms with van der Waals surface area (Å²) in [6, 6.07) is -0.653. The van der Waals surface area contributed by atoms with E-state index in [1.807, 2.05) is 20.8 Å². The van der Waals surface area contributed by atoms with Gasteiger partial charge >= 0.3 is 18.2 Å². The van der Waals surface area contributed by atoms with Gasteiger partial charge in [-0.2, -0.15) is 0 Å². The minimum atomic E-state index is -0.653. The van der Waals surface area contributed by atoms with Crippen LogP contribution >= 0.6 is 0 Å². The van der Waals surface area contributed by atoms with E-state index in [0.717, 1.165) is 19.3 Å². The van der Waals surface area contributed by atoms with Crippen molar-refractivity contribution in [1.82, 2.24) is 9.80 Å².